The van der Waals surface area contributed by atoms with Crippen LogP contribution in [0.2, 0.25) is 0 Å². The highest BCUT2D eigenvalue weighted by Crippen LogP contribution is 2.65. The van der Waals surface area contributed by atoms with Gasteiger partial charge in [0.05, 0.1) is 12.8 Å². The molecule has 0 aromatic heterocycles. The zero-order valence-electron chi connectivity index (χ0n) is 19.8. The minimum absolute atomic E-state index is 0.0371. The van der Waals surface area contributed by atoms with E-state index in [1.54, 1.807) is 13.2 Å². The molecule has 1 aliphatic heterocycles. The lowest BCUT2D eigenvalue weighted by atomic mass is 9.47. The largest absolute Gasteiger partial charge is 0.495 e. The lowest BCUT2D eigenvalue weighted by Gasteiger charge is -2.60. The van der Waals surface area contributed by atoms with E-state index in [1.807, 2.05) is 36.2 Å². The maximum atomic E-state index is 13.5. The quantitative estimate of drug-likeness (QED) is 0.734. The Hall–Kier alpha value is -2.30. The van der Waals surface area contributed by atoms with Crippen LogP contribution in [0.5, 0.6) is 5.75 Å². The third-order valence-electron chi connectivity index (χ3n) is 9.81. The summed E-state index contributed by atoms with van der Waals surface area (Å²) < 4.78 is 5.44. The number of rotatable bonds is 3. The Morgan fingerprint density at radius 1 is 1.09 bits per heavy atom. The van der Waals surface area contributed by atoms with E-state index in [9.17, 15) is 9.59 Å². The summed E-state index contributed by atoms with van der Waals surface area (Å²) >= 11 is 0. The van der Waals surface area contributed by atoms with E-state index in [-0.39, 0.29) is 28.6 Å². The predicted molar refractivity (Wildman–Crippen MR) is 125 cm³/mol. The van der Waals surface area contributed by atoms with Gasteiger partial charge in [-0.15, -0.1) is 0 Å². The fourth-order valence-corrected chi connectivity index (χ4v) is 8.14. The molecule has 5 nitrogen and oxygen atoms in total. The molecule has 3 fully saturated rings. The molecule has 4 aliphatic rings. The Morgan fingerprint density at radius 3 is 2.66 bits per heavy atom. The predicted octanol–water partition coefficient (Wildman–Crippen LogP) is 4.89. The topological polar surface area (TPSA) is 58.6 Å². The van der Waals surface area contributed by atoms with Crippen molar-refractivity contribution in [3.63, 3.8) is 0 Å². The Balaban J connectivity index is 1.38. The van der Waals surface area contributed by atoms with E-state index in [0.717, 1.165) is 44.2 Å². The third kappa shape index (κ3) is 3.03. The maximum Gasteiger partial charge on any atom is 0.246 e. The van der Waals surface area contributed by atoms with Crippen molar-refractivity contribution in [3.8, 4) is 5.75 Å². The number of carbonyl (C=O) groups is 2. The molecule has 1 aromatic carbocycles. The molecule has 1 N–H and O–H groups in total. The van der Waals surface area contributed by atoms with Crippen molar-refractivity contribution in [3.05, 3.63) is 36.4 Å². The summed E-state index contributed by atoms with van der Waals surface area (Å²) in [6.45, 7) is 4.74. The summed E-state index contributed by atoms with van der Waals surface area (Å²) in [5, 5.41) is 3.18. The molecule has 0 radical (unpaired) electrons. The van der Waals surface area contributed by atoms with Gasteiger partial charge in [0, 0.05) is 24.4 Å². The van der Waals surface area contributed by atoms with E-state index in [0.29, 0.717) is 29.5 Å². The molecule has 0 bridgehead atoms. The van der Waals surface area contributed by atoms with Crippen LogP contribution in [0.3, 0.4) is 0 Å². The van der Waals surface area contributed by atoms with Crippen LogP contribution >= 0.6 is 0 Å². The van der Waals surface area contributed by atoms with E-state index in [1.165, 1.54) is 0 Å². The molecule has 5 rings (SSSR count). The van der Waals surface area contributed by atoms with Gasteiger partial charge < -0.3 is 15.0 Å². The molecule has 32 heavy (non-hydrogen) atoms. The number of likely N-dealkylation sites (N-methyl/N-ethyl adjacent to an activating group) is 1. The second-order valence-corrected chi connectivity index (χ2v) is 11.0. The standard InChI is InChI=1S/C27H36N2O3/c1-26-15-13-19-17(9-12-23-27(19,2)16-14-24(30)29(23)3)18(26)10-11-20(26)25(31)28-21-7-5-6-8-22(21)32-4/h5-8,14,16-20,23H,9-13,15H2,1-4H3,(H,28,31)/t17-,18-,19+,20?,23?,26-,27+/m0/s1. The Morgan fingerprint density at radius 2 is 1.88 bits per heavy atom. The summed E-state index contributed by atoms with van der Waals surface area (Å²) in [7, 11) is 3.61. The summed E-state index contributed by atoms with van der Waals surface area (Å²) in [5.74, 6) is 2.81. The van der Waals surface area contributed by atoms with Crippen molar-refractivity contribution in [1.29, 1.82) is 0 Å². The fourth-order valence-electron chi connectivity index (χ4n) is 8.14. The normalized spacial score (nSPS) is 40.3. The van der Waals surface area contributed by atoms with Crippen LogP contribution in [0.4, 0.5) is 5.69 Å². The van der Waals surface area contributed by atoms with Gasteiger partial charge in [0.2, 0.25) is 11.8 Å². The lowest BCUT2D eigenvalue weighted by Crippen LogP contribution is -2.59. The molecule has 3 saturated carbocycles. The number of ether oxygens (including phenoxy) is 1. The van der Waals surface area contributed by atoms with Crippen LogP contribution in [-0.2, 0) is 9.59 Å². The number of hydrogen-bond acceptors (Lipinski definition) is 3. The third-order valence-corrected chi connectivity index (χ3v) is 9.81. The van der Waals surface area contributed by atoms with E-state index in [4.69, 9.17) is 4.74 Å². The van der Waals surface area contributed by atoms with Crippen molar-refractivity contribution in [1.82, 2.24) is 4.90 Å². The van der Waals surface area contributed by atoms with Crippen LogP contribution in [0.1, 0.15) is 52.4 Å². The average Bonchev–Trinajstić information content (AvgIpc) is 3.14. The van der Waals surface area contributed by atoms with Gasteiger partial charge >= 0.3 is 0 Å². The van der Waals surface area contributed by atoms with Crippen LogP contribution in [-0.4, -0.2) is 36.9 Å². The molecular weight excluding hydrogens is 400 g/mol. The van der Waals surface area contributed by atoms with Gasteiger partial charge in [-0.25, -0.2) is 0 Å². The van der Waals surface area contributed by atoms with Gasteiger partial charge in [0.15, 0.2) is 0 Å². The molecule has 5 heteroatoms. The molecule has 0 saturated heterocycles. The number of para-hydroxylation sites is 2. The number of carbonyl (C=O) groups excluding carboxylic acids is 2. The number of benzene rings is 1. The lowest BCUT2D eigenvalue weighted by molar-refractivity contribution is -0.141. The number of nitrogens with one attached hydrogen (secondary N) is 1. The SMILES string of the molecule is COc1ccccc1NC(=O)C1CC[C@H]2[C@@H]3CCC4N(C)C(=O)C=C[C@]4(C)[C@@H]3CC[C@]12C. The monoisotopic (exact) mass is 436 g/mol. The summed E-state index contributed by atoms with van der Waals surface area (Å²) in [5.41, 5.74) is 0.843. The summed E-state index contributed by atoms with van der Waals surface area (Å²) in [6.07, 6.45) is 10.5. The van der Waals surface area contributed by atoms with Gasteiger partial charge in [0.25, 0.3) is 0 Å². The second-order valence-electron chi connectivity index (χ2n) is 11.0. The number of fused-ring (bicyclic) bond motifs is 5. The maximum absolute atomic E-state index is 13.5. The number of nitrogens with zero attached hydrogens (tertiary/aromatic N) is 1. The molecule has 1 aromatic rings. The van der Waals surface area contributed by atoms with Crippen LogP contribution in [0.15, 0.2) is 36.4 Å². The molecule has 0 spiro atoms. The zero-order valence-corrected chi connectivity index (χ0v) is 19.8. The Labute approximate surface area is 191 Å². The highest BCUT2D eigenvalue weighted by Gasteiger charge is 2.61. The first kappa shape index (κ1) is 21.5. The van der Waals surface area contributed by atoms with Crippen molar-refractivity contribution < 1.29 is 14.3 Å². The summed E-state index contributed by atoms with van der Waals surface area (Å²) in [4.78, 5) is 27.7. The number of amides is 2. The van der Waals surface area contributed by atoms with Gasteiger partial charge in [-0.3, -0.25) is 9.59 Å². The first-order valence-electron chi connectivity index (χ1n) is 12.2. The first-order chi connectivity index (χ1) is 15.3. The van der Waals surface area contributed by atoms with E-state index < -0.39 is 0 Å². The Kier molecular flexibility index (Phi) is 5.14. The van der Waals surface area contributed by atoms with Crippen molar-refractivity contribution in [2.24, 2.45) is 34.5 Å². The molecular formula is C27H36N2O3. The molecule has 3 aliphatic carbocycles. The molecule has 2 unspecified atom stereocenters. The molecule has 2 amide bonds. The van der Waals surface area contributed by atoms with Gasteiger partial charge in [-0.05, 0) is 79.9 Å². The average molecular weight is 437 g/mol. The van der Waals surface area contributed by atoms with Crippen LogP contribution < -0.4 is 10.1 Å². The Bertz CT molecular complexity index is 958. The minimum atomic E-state index is 0.0371. The molecule has 172 valence electrons. The molecule has 7 atom stereocenters. The fraction of sp³-hybridized carbons (Fsp3) is 0.630. The van der Waals surface area contributed by atoms with Crippen molar-refractivity contribution in [2.45, 2.75) is 58.4 Å². The summed E-state index contributed by atoms with van der Waals surface area (Å²) in [6, 6.07) is 7.96. The number of anilines is 1. The van der Waals surface area contributed by atoms with Crippen LogP contribution in [0, 0.1) is 34.5 Å². The van der Waals surface area contributed by atoms with E-state index in [2.05, 4.69) is 25.2 Å². The van der Waals surface area contributed by atoms with E-state index >= 15 is 0 Å². The minimum Gasteiger partial charge on any atom is -0.495 e. The first-order valence-corrected chi connectivity index (χ1v) is 12.2. The van der Waals surface area contributed by atoms with Crippen molar-refractivity contribution >= 4 is 17.5 Å². The number of hydrogen-bond donors (Lipinski definition) is 1. The van der Waals surface area contributed by atoms with Gasteiger partial charge in [0.1, 0.15) is 5.75 Å². The highest BCUT2D eigenvalue weighted by atomic mass is 16.5. The second kappa shape index (κ2) is 7.64. The van der Waals surface area contributed by atoms with Crippen LogP contribution in [0.25, 0.3) is 0 Å². The van der Waals surface area contributed by atoms with Gasteiger partial charge in [-0.2, -0.15) is 0 Å². The highest BCUT2D eigenvalue weighted by molar-refractivity contribution is 5.94. The molecule has 1 heterocycles. The zero-order chi connectivity index (χ0) is 22.7. The number of methoxy groups -OCH3 is 1. The van der Waals surface area contributed by atoms with Gasteiger partial charge in [-0.1, -0.05) is 32.1 Å². The smallest absolute Gasteiger partial charge is 0.246 e. The van der Waals surface area contributed by atoms with Crippen molar-refractivity contribution in [2.75, 3.05) is 19.5 Å².